The van der Waals surface area contributed by atoms with Gasteiger partial charge in [-0.15, -0.1) is 0 Å². The molecule has 1 aromatic heterocycles. The van der Waals surface area contributed by atoms with E-state index in [1.807, 2.05) is 84.9 Å². The molecule has 1 fully saturated rings. The van der Waals surface area contributed by atoms with Gasteiger partial charge in [0, 0.05) is 114 Å². The maximum Gasteiger partial charge on any atom is 0.469 e. The number of azide groups is 1. The highest BCUT2D eigenvalue weighted by atomic mass is 33.1. The summed E-state index contributed by atoms with van der Waals surface area (Å²) in [7, 11) is -0.133. The van der Waals surface area contributed by atoms with E-state index in [4.69, 9.17) is 33.6 Å². The number of amides is 4. The summed E-state index contributed by atoms with van der Waals surface area (Å²) in [6.07, 6.45) is -2.01. The lowest BCUT2D eigenvalue weighted by atomic mass is 9.89. The Bertz CT molecular complexity index is 3950. The van der Waals surface area contributed by atoms with Crippen LogP contribution in [0.25, 0.3) is 43.9 Å². The second-order valence-electron chi connectivity index (χ2n) is 22.3. The van der Waals surface area contributed by atoms with Crippen molar-refractivity contribution in [1.29, 1.82) is 0 Å². The summed E-state index contributed by atoms with van der Waals surface area (Å²) in [6, 6.07) is 21.9. The molecule has 4 amide bonds. The number of rotatable bonds is 32. The van der Waals surface area contributed by atoms with Gasteiger partial charge >= 0.3 is 13.5 Å². The Balaban J connectivity index is 0.804. The number of fused-ring (bicyclic) bond motifs is 2. The summed E-state index contributed by atoms with van der Waals surface area (Å²) in [5.74, 6) is 4.95. The number of benzene rings is 4. The average Bonchev–Trinajstić information content (AvgIpc) is 1.20. The number of aryl methyl sites for hydroxylation is 2. The lowest BCUT2D eigenvalue weighted by Crippen LogP contribution is -2.35. The summed E-state index contributed by atoms with van der Waals surface area (Å²) >= 11 is 0. The van der Waals surface area contributed by atoms with E-state index in [1.54, 1.807) is 40.9 Å². The van der Waals surface area contributed by atoms with E-state index in [0.717, 1.165) is 55.4 Å². The molecule has 498 valence electrons. The number of phosphoric acid groups is 1. The predicted octanol–water partition coefficient (Wildman–Crippen LogP) is 7.56. The van der Waals surface area contributed by atoms with Gasteiger partial charge in [0.25, 0.3) is 17.4 Å². The van der Waals surface area contributed by atoms with Crippen LogP contribution in [0.15, 0.2) is 103 Å². The number of nitrogens with one attached hydrogen (secondary N) is 5. The van der Waals surface area contributed by atoms with Gasteiger partial charge in [0.2, 0.25) is 11.8 Å². The van der Waals surface area contributed by atoms with Gasteiger partial charge in [-0.1, -0.05) is 83.6 Å². The minimum atomic E-state index is -4.85. The van der Waals surface area contributed by atoms with Crippen molar-refractivity contribution < 1.29 is 66.2 Å². The molecule has 93 heavy (non-hydrogen) atoms. The Morgan fingerprint density at radius 1 is 0.978 bits per heavy atom. The van der Waals surface area contributed by atoms with Crippen LogP contribution in [0.2, 0.25) is 0 Å². The van der Waals surface area contributed by atoms with Crippen molar-refractivity contribution in [2.45, 2.75) is 97.1 Å². The average molecular weight is 1340 g/mol. The highest BCUT2D eigenvalue weighted by Crippen LogP contribution is 2.44. The number of phosphoric ester groups is 1. The molecule has 0 radical (unpaired) electrons. The zero-order chi connectivity index (χ0) is 67.2. The summed E-state index contributed by atoms with van der Waals surface area (Å²) in [5, 5.41) is 16.8. The maximum atomic E-state index is 14.3. The number of nitrogens with zero attached hydrogens (tertiary/aromatic N) is 6. The highest BCUT2D eigenvalue weighted by Gasteiger charge is 2.39. The molecule has 0 spiro atoms. The van der Waals surface area contributed by atoms with Gasteiger partial charge in [-0.05, 0) is 92.7 Å². The maximum absolute atomic E-state index is 14.3. The van der Waals surface area contributed by atoms with Gasteiger partial charge in [-0.3, -0.25) is 43.0 Å². The Labute approximate surface area is 545 Å². The van der Waals surface area contributed by atoms with Gasteiger partial charge in [-0.25, -0.2) is 9.36 Å². The summed E-state index contributed by atoms with van der Waals surface area (Å²) in [6.45, 7) is 14.5. The first-order valence-corrected chi connectivity index (χ1v) is 33.8. The van der Waals surface area contributed by atoms with E-state index >= 15 is 0 Å². The zero-order valence-corrected chi connectivity index (χ0v) is 55.5. The van der Waals surface area contributed by atoms with E-state index in [-0.39, 0.29) is 91.7 Å². The van der Waals surface area contributed by atoms with E-state index in [9.17, 15) is 43.1 Å². The van der Waals surface area contributed by atoms with Crippen LogP contribution in [0.1, 0.15) is 97.5 Å². The Morgan fingerprint density at radius 3 is 2.52 bits per heavy atom. The first kappa shape index (κ1) is 72.5. The normalized spacial score (nSPS) is 15.2. The molecular weight excluding hydrogens is 1260 g/mol. The molecule has 1 saturated heterocycles. The molecule has 4 aromatic rings. The molecule has 0 saturated carbocycles. The summed E-state index contributed by atoms with van der Waals surface area (Å²) in [5.41, 5.74) is 14.3. The molecule has 3 aliphatic rings. The minimum absolute atomic E-state index is 0.0612. The van der Waals surface area contributed by atoms with Gasteiger partial charge in [0.15, 0.2) is 6.23 Å². The number of aromatic amines is 1. The van der Waals surface area contributed by atoms with Gasteiger partial charge in [-0.2, -0.15) is 0 Å². The van der Waals surface area contributed by atoms with Crippen molar-refractivity contribution in [2.24, 2.45) is 10.1 Å². The minimum Gasteiger partial charge on any atom is -0.491 e. The molecule has 27 nitrogen and oxygen atoms in total. The third-order valence-electron chi connectivity index (χ3n) is 14.0. The Morgan fingerprint density at radius 2 is 1.76 bits per heavy atom. The van der Waals surface area contributed by atoms with Crippen LogP contribution >= 0.6 is 29.4 Å². The number of anilines is 1. The van der Waals surface area contributed by atoms with Crippen LogP contribution in [-0.4, -0.2) is 156 Å². The fraction of sp³-hybridized carbons (Fsp3) is 0.444. The molecule has 30 heteroatoms. The monoisotopic (exact) mass is 1340 g/mol. The van der Waals surface area contributed by atoms with Gasteiger partial charge < -0.3 is 64.1 Å². The number of carbonyl (C=O) groups is 4. The Kier molecular flexibility index (Phi) is 27.1. The van der Waals surface area contributed by atoms with Crippen molar-refractivity contribution in [3.05, 3.63) is 143 Å². The highest BCUT2D eigenvalue weighted by molar-refractivity contribution is 8.77. The number of hydrogen-bond acceptors (Lipinski definition) is 19. The SMILES string of the molecule is CCN=c1cc2oc3cc(NCC)c(C)cc3c(-c3ccccc3C(=O)N(C)CCCC(=O)NCCNC(=O)c3cccc(OCC(N=[N+]=[N-])OCCOCC(=O)NCC#Cc4cn([C@H]5CC(OCSSC(C)(C)C)[C@@H](COP(=O)(O)O)O5)c(=O)[nH]c4=O)c3)c-2cc1C. The standard InChI is InChI=1S/C63H78N11O16PS2/c1-9-65-48-31-50-46(28-39(48)3)58(47-29-40(4)49(66-10-2)32-51(47)89-50)44-19-11-12-20-45(44)61(79)73(8)25-15-21-54(75)68-23-24-69-59(77)41-16-13-18-43(30-41)86-37-56(71-72-64)85-27-26-84-36-55(76)67-22-14-17-42-34-74(62(80)70-60(42)78)57-33-52(87-38-92-93-63(5,6)7)53(90-57)35-88-91(81,82)83/h11-13,16,18-20,28-32,34,52-53,56-57,65H,9-10,15,21-27,33,35-38H2,1-8H3,(H,67,76)(H,68,75)(H,69,77)(H,70,78,80)(H2,81,82,83)/t52?,53-,56?,57-/m1/s1. The van der Waals surface area contributed by atoms with Gasteiger partial charge in [0.05, 0.1) is 37.8 Å². The Hall–Kier alpha value is -7.97. The largest absolute Gasteiger partial charge is 0.491 e. The molecule has 0 bridgehead atoms. The fourth-order valence-electron chi connectivity index (χ4n) is 9.72. The smallest absolute Gasteiger partial charge is 0.469 e. The molecule has 7 rings (SSSR count). The molecule has 7 N–H and O–H groups in total. The second-order valence-corrected chi connectivity index (χ2v) is 26.6. The van der Waals surface area contributed by atoms with Crippen LogP contribution in [0, 0.1) is 25.7 Å². The van der Waals surface area contributed by atoms with Crippen LogP contribution in [0.5, 0.6) is 5.75 Å². The lowest BCUT2D eigenvalue weighted by molar-refractivity contribution is -0.126. The third kappa shape index (κ3) is 21.8. The van der Waals surface area contributed by atoms with E-state index in [2.05, 4.69) is 69.8 Å². The number of aromatic nitrogens is 2. The molecule has 4 atom stereocenters. The van der Waals surface area contributed by atoms with E-state index in [1.165, 1.54) is 23.1 Å². The number of ether oxygens (including phenoxy) is 5. The molecule has 2 aliphatic heterocycles. The van der Waals surface area contributed by atoms with Crippen molar-refractivity contribution >= 4 is 69.7 Å². The van der Waals surface area contributed by atoms with Gasteiger partial charge in [0.1, 0.15) is 54.1 Å². The zero-order valence-electron chi connectivity index (χ0n) is 53.0. The lowest BCUT2D eigenvalue weighted by Gasteiger charge is -2.22. The van der Waals surface area contributed by atoms with Crippen LogP contribution in [0.3, 0.4) is 0 Å². The summed E-state index contributed by atoms with van der Waals surface area (Å²) < 4.78 is 52.3. The van der Waals surface area contributed by atoms with Crippen molar-refractivity contribution in [1.82, 2.24) is 30.4 Å². The fourth-order valence-corrected chi connectivity index (χ4v) is 12.1. The van der Waals surface area contributed by atoms with Crippen molar-refractivity contribution in [2.75, 3.05) is 90.6 Å². The third-order valence-corrected chi connectivity index (χ3v) is 17.5. The van der Waals surface area contributed by atoms with E-state index < -0.39 is 68.8 Å². The van der Waals surface area contributed by atoms with Crippen molar-refractivity contribution in [3.8, 4) is 40.0 Å². The first-order valence-electron chi connectivity index (χ1n) is 30.0. The number of hydrogen-bond donors (Lipinski definition) is 7. The first-order chi connectivity index (χ1) is 44.4. The number of carbonyl (C=O) groups excluding carboxylic acids is 4. The molecule has 3 heterocycles. The quantitative estimate of drug-likeness (QED) is 0.00246. The molecule has 1 aliphatic carbocycles. The topological polar surface area (TPSA) is 362 Å². The number of H-pyrrole nitrogens is 1. The van der Waals surface area contributed by atoms with Crippen LogP contribution in [0.4, 0.5) is 5.69 Å². The molecule has 2 unspecified atom stereocenters. The van der Waals surface area contributed by atoms with E-state index in [0.29, 0.717) is 36.4 Å². The second kappa shape index (κ2) is 34.8. The van der Waals surface area contributed by atoms with Crippen LogP contribution in [-0.2, 0) is 37.6 Å². The van der Waals surface area contributed by atoms with Crippen molar-refractivity contribution in [3.63, 3.8) is 0 Å². The van der Waals surface area contributed by atoms with Crippen LogP contribution < -0.4 is 42.6 Å². The predicted molar refractivity (Wildman–Crippen MR) is 354 cm³/mol. The summed E-state index contributed by atoms with van der Waals surface area (Å²) in [4.78, 5) is 108. The molecule has 3 aromatic carbocycles. The molecular formula is C63H78N11O16PS2.